The zero-order valence-electron chi connectivity index (χ0n) is 7.24. The minimum absolute atomic E-state index is 0.758. The van der Waals surface area contributed by atoms with E-state index >= 15 is 0 Å². The summed E-state index contributed by atoms with van der Waals surface area (Å²) < 4.78 is 1.83. The molecule has 0 aliphatic rings. The summed E-state index contributed by atoms with van der Waals surface area (Å²) in [5.41, 5.74) is 2.19. The number of benzene rings is 1. The van der Waals surface area contributed by atoms with Crippen LogP contribution in [-0.2, 0) is 0 Å². The summed E-state index contributed by atoms with van der Waals surface area (Å²) in [6.07, 6.45) is 3.67. The smallest absolute Gasteiger partial charge is 0.0675 e. The first-order valence-electron chi connectivity index (χ1n) is 4.03. The second-order valence-electron chi connectivity index (χ2n) is 2.88. The molecule has 0 amide bonds. The summed E-state index contributed by atoms with van der Waals surface area (Å²) in [4.78, 5) is 0. The van der Waals surface area contributed by atoms with Crippen LogP contribution in [0, 0.1) is 6.92 Å². The molecular weight excluding hydrogens is 184 g/mol. The third-order valence-corrected chi connectivity index (χ3v) is 2.15. The Morgan fingerprint density at radius 2 is 2.23 bits per heavy atom. The number of rotatable bonds is 1. The molecule has 3 heteroatoms. The van der Waals surface area contributed by atoms with Crippen molar-refractivity contribution in [2.45, 2.75) is 6.92 Å². The largest absolute Gasteiger partial charge is 0.241 e. The van der Waals surface area contributed by atoms with Crippen LogP contribution in [0.5, 0.6) is 0 Å². The molecule has 1 aromatic heterocycles. The summed E-state index contributed by atoms with van der Waals surface area (Å²) in [6.45, 7) is 2.02. The SMILES string of the molecule is Cc1cc(Cl)ccc1-n1cccn1. The van der Waals surface area contributed by atoms with Gasteiger partial charge in [0.2, 0.25) is 0 Å². The maximum absolute atomic E-state index is 5.85. The molecule has 66 valence electrons. The lowest BCUT2D eigenvalue weighted by molar-refractivity contribution is 0.873. The Bertz CT molecular complexity index is 407. The number of hydrogen-bond donors (Lipinski definition) is 0. The predicted molar refractivity (Wildman–Crippen MR) is 53.3 cm³/mol. The lowest BCUT2D eigenvalue weighted by atomic mass is 10.2. The van der Waals surface area contributed by atoms with Gasteiger partial charge in [-0.2, -0.15) is 5.10 Å². The highest BCUT2D eigenvalue weighted by Crippen LogP contribution is 2.17. The minimum Gasteiger partial charge on any atom is -0.241 e. The van der Waals surface area contributed by atoms with E-state index < -0.39 is 0 Å². The fourth-order valence-corrected chi connectivity index (χ4v) is 1.51. The fourth-order valence-electron chi connectivity index (χ4n) is 1.29. The summed E-state index contributed by atoms with van der Waals surface area (Å²) in [6, 6.07) is 7.66. The molecule has 0 aliphatic heterocycles. The number of nitrogens with zero attached hydrogens (tertiary/aromatic N) is 2. The van der Waals surface area contributed by atoms with Gasteiger partial charge in [-0.05, 0) is 36.8 Å². The molecule has 0 fully saturated rings. The van der Waals surface area contributed by atoms with Crippen LogP contribution in [0.2, 0.25) is 5.02 Å². The van der Waals surface area contributed by atoms with Gasteiger partial charge in [0.15, 0.2) is 0 Å². The molecule has 0 saturated carbocycles. The summed E-state index contributed by atoms with van der Waals surface area (Å²) in [5, 5.41) is 4.91. The van der Waals surface area contributed by atoms with E-state index in [1.165, 1.54) is 0 Å². The molecule has 1 heterocycles. The van der Waals surface area contributed by atoms with Crippen LogP contribution in [0.3, 0.4) is 0 Å². The molecule has 0 spiro atoms. The number of halogens is 1. The van der Waals surface area contributed by atoms with Crippen molar-refractivity contribution in [2.24, 2.45) is 0 Å². The average Bonchev–Trinajstić information content (AvgIpc) is 2.56. The fraction of sp³-hybridized carbons (Fsp3) is 0.100. The first kappa shape index (κ1) is 8.32. The highest BCUT2D eigenvalue weighted by molar-refractivity contribution is 6.30. The normalized spacial score (nSPS) is 10.3. The van der Waals surface area contributed by atoms with Crippen molar-refractivity contribution >= 4 is 11.6 Å². The maximum atomic E-state index is 5.85. The van der Waals surface area contributed by atoms with Crippen LogP contribution in [-0.4, -0.2) is 9.78 Å². The van der Waals surface area contributed by atoms with Crippen molar-refractivity contribution < 1.29 is 0 Å². The van der Waals surface area contributed by atoms with Gasteiger partial charge in [-0.3, -0.25) is 0 Å². The van der Waals surface area contributed by atoms with Crippen molar-refractivity contribution in [3.05, 3.63) is 47.2 Å². The van der Waals surface area contributed by atoms with E-state index in [1.54, 1.807) is 6.20 Å². The minimum atomic E-state index is 0.758. The van der Waals surface area contributed by atoms with Crippen LogP contribution in [0.25, 0.3) is 5.69 Å². The molecule has 2 rings (SSSR count). The van der Waals surface area contributed by atoms with E-state index in [1.807, 2.05) is 42.1 Å². The molecule has 0 radical (unpaired) electrons. The van der Waals surface area contributed by atoms with Gasteiger partial charge in [0.1, 0.15) is 0 Å². The lowest BCUT2D eigenvalue weighted by Gasteiger charge is -2.05. The molecule has 0 unspecified atom stereocenters. The van der Waals surface area contributed by atoms with Gasteiger partial charge in [-0.1, -0.05) is 11.6 Å². The molecule has 2 aromatic rings. The Balaban J connectivity index is 2.53. The van der Waals surface area contributed by atoms with Crippen molar-refractivity contribution in [1.82, 2.24) is 9.78 Å². The molecule has 0 bridgehead atoms. The van der Waals surface area contributed by atoms with Gasteiger partial charge in [-0.15, -0.1) is 0 Å². The second kappa shape index (κ2) is 3.23. The van der Waals surface area contributed by atoms with Gasteiger partial charge < -0.3 is 0 Å². The average molecular weight is 193 g/mol. The predicted octanol–water partition coefficient (Wildman–Crippen LogP) is 2.83. The van der Waals surface area contributed by atoms with Gasteiger partial charge >= 0.3 is 0 Å². The van der Waals surface area contributed by atoms with Gasteiger partial charge in [0.25, 0.3) is 0 Å². The highest BCUT2D eigenvalue weighted by atomic mass is 35.5. The van der Waals surface area contributed by atoms with Crippen LogP contribution >= 0.6 is 11.6 Å². The highest BCUT2D eigenvalue weighted by Gasteiger charge is 2.00. The molecule has 0 atom stereocenters. The van der Waals surface area contributed by atoms with E-state index in [9.17, 15) is 0 Å². The summed E-state index contributed by atoms with van der Waals surface area (Å²) in [7, 11) is 0. The van der Waals surface area contributed by atoms with Crippen LogP contribution in [0.4, 0.5) is 0 Å². The Morgan fingerprint density at radius 3 is 2.85 bits per heavy atom. The summed E-state index contributed by atoms with van der Waals surface area (Å²) >= 11 is 5.85. The molecule has 0 aliphatic carbocycles. The second-order valence-corrected chi connectivity index (χ2v) is 3.32. The topological polar surface area (TPSA) is 17.8 Å². The third kappa shape index (κ3) is 1.58. The van der Waals surface area contributed by atoms with E-state index in [0.717, 1.165) is 16.3 Å². The van der Waals surface area contributed by atoms with E-state index in [2.05, 4.69) is 5.10 Å². The maximum Gasteiger partial charge on any atom is 0.0675 e. The first-order chi connectivity index (χ1) is 6.27. The monoisotopic (exact) mass is 192 g/mol. The standard InChI is InChI=1S/C10H9ClN2/c1-8-7-9(11)3-4-10(8)13-6-2-5-12-13/h2-7H,1H3. The summed E-state index contributed by atoms with van der Waals surface area (Å²) in [5.74, 6) is 0. The molecular formula is C10H9ClN2. The van der Waals surface area contributed by atoms with Gasteiger partial charge in [-0.25, -0.2) is 4.68 Å². The van der Waals surface area contributed by atoms with E-state index in [0.29, 0.717) is 0 Å². The van der Waals surface area contributed by atoms with Crippen molar-refractivity contribution in [2.75, 3.05) is 0 Å². The number of aryl methyl sites for hydroxylation is 1. The molecule has 2 nitrogen and oxygen atoms in total. The molecule has 13 heavy (non-hydrogen) atoms. The van der Waals surface area contributed by atoms with Crippen LogP contribution < -0.4 is 0 Å². The zero-order valence-corrected chi connectivity index (χ0v) is 7.99. The van der Waals surface area contributed by atoms with E-state index in [-0.39, 0.29) is 0 Å². The Labute approximate surface area is 81.8 Å². The number of hydrogen-bond acceptors (Lipinski definition) is 1. The van der Waals surface area contributed by atoms with Gasteiger partial charge in [0.05, 0.1) is 5.69 Å². The van der Waals surface area contributed by atoms with Crippen LogP contribution in [0.15, 0.2) is 36.7 Å². The van der Waals surface area contributed by atoms with Gasteiger partial charge in [0, 0.05) is 17.4 Å². The van der Waals surface area contributed by atoms with Crippen LogP contribution in [0.1, 0.15) is 5.56 Å². The Kier molecular flexibility index (Phi) is 2.07. The Hall–Kier alpha value is -1.28. The quantitative estimate of drug-likeness (QED) is 0.680. The van der Waals surface area contributed by atoms with Crippen molar-refractivity contribution in [1.29, 1.82) is 0 Å². The third-order valence-electron chi connectivity index (χ3n) is 1.91. The molecule has 1 aromatic carbocycles. The lowest BCUT2D eigenvalue weighted by Crippen LogP contribution is -1.96. The molecule has 0 saturated heterocycles. The Morgan fingerprint density at radius 1 is 1.38 bits per heavy atom. The first-order valence-corrected chi connectivity index (χ1v) is 4.41. The van der Waals surface area contributed by atoms with Crippen molar-refractivity contribution in [3.63, 3.8) is 0 Å². The van der Waals surface area contributed by atoms with E-state index in [4.69, 9.17) is 11.6 Å². The number of aromatic nitrogens is 2. The zero-order chi connectivity index (χ0) is 9.26. The van der Waals surface area contributed by atoms with Crippen molar-refractivity contribution in [3.8, 4) is 5.69 Å². The molecule has 0 N–H and O–H groups in total.